The number of rotatable bonds is 5. The van der Waals surface area contributed by atoms with Crippen LogP contribution in [0.15, 0.2) is 16.8 Å². The van der Waals surface area contributed by atoms with Crippen molar-refractivity contribution in [3.63, 3.8) is 0 Å². The van der Waals surface area contributed by atoms with Crippen LogP contribution in [0.25, 0.3) is 0 Å². The summed E-state index contributed by atoms with van der Waals surface area (Å²) in [5, 5.41) is 7.58. The molecule has 1 aliphatic heterocycles. The minimum Gasteiger partial charge on any atom is -0.320 e. The number of carbonyl (C=O) groups excluding carboxylic acids is 1. The van der Waals surface area contributed by atoms with Gasteiger partial charge in [0.2, 0.25) is 5.91 Å². The smallest absolute Gasteiger partial charge is 0.241 e. The van der Waals surface area contributed by atoms with Crippen LogP contribution in [0.4, 0.5) is 0 Å². The summed E-state index contributed by atoms with van der Waals surface area (Å²) in [5.41, 5.74) is 1.21. The molecule has 2 aliphatic rings. The molecule has 1 amide bonds. The number of nitrogens with zero attached hydrogens (tertiary/aromatic N) is 2. The zero-order chi connectivity index (χ0) is 13.4. The van der Waals surface area contributed by atoms with Crippen molar-refractivity contribution in [2.45, 2.75) is 38.0 Å². The average Bonchev–Trinajstić information content (AvgIpc) is 3.04. The number of nitrogens with one attached hydrogen (secondary N) is 1. The van der Waals surface area contributed by atoms with E-state index in [4.69, 9.17) is 0 Å². The van der Waals surface area contributed by atoms with Crippen molar-refractivity contribution in [2.75, 3.05) is 20.1 Å². The van der Waals surface area contributed by atoms with Gasteiger partial charge < -0.3 is 9.80 Å². The highest BCUT2D eigenvalue weighted by atomic mass is 32.1. The van der Waals surface area contributed by atoms with E-state index in [-0.39, 0.29) is 18.1 Å². The molecule has 0 bridgehead atoms. The Morgan fingerprint density at radius 3 is 2.95 bits per heavy atom. The van der Waals surface area contributed by atoms with Gasteiger partial charge in [-0.05, 0) is 49.2 Å². The third kappa shape index (κ3) is 2.68. The summed E-state index contributed by atoms with van der Waals surface area (Å²) >= 11 is 1.68. The van der Waals surface area contributed by atoms with Gasteiger partial charge in [-0.25, -0.2) is 0 Å². The fourth-order valence-electron chi connectivity index (χ4n) is 2.68. The second-order valence-corrected chi connectivity index (χ2v) is 6.37. The molecular formula is C14H21N3OS. The monoisotopic (exact) mass is 279 g/mol. The molecule has 2 atom stereocenters. The standard InChI is InChI=1S/C14H21N3OS/c1-10-14(18)17(7-6-16(2)12-3-4-12)13(15-10)11-5-8-19-9-11/h5,8-10,12-13,15H,3-4,6-7H2,1-2H3. The molecular weight excluding hydrogens is 258 g/mol. The van der Waals surface area contributed by atoms with Crippen LogP contribution >= 0.6 is 11.3 Å². The molecule has 19 heavy (non-hydrogen) atoms. The first kappa shape index (κ1) is 13.1. The van der Waals surface area contributed by atoms with Gasteiger partial charge >= 0.3 is 0 Å². The van der Waals surface area contributed by atoms with Gasteiger partial charge in [-0.15, -0.1) is 0 Å². The maximum absolute atomic E-state index is 12.3. The van der Waals surface area contributed by atoms with E-state index in [2.05, 4.69) is 34.1 Å². The van der Waals surface area contributed by atoms with Crippen molar-refractivity contribution in [1.82, 2.24) is 15.1 Å². The topological polar surface area (TPSA) is 35.6 Å². The van der Waals surface area contributed by atoms with E-state index in [9.17, 15) is 4.79 Å². The van der Waals surface area contributed by atoms with Crippen molar-refractivity contribution in [2.24, 2.45) is 0 Å². The van der Waals surface area contributed by atoms with Gasteiger partial charge in [-0.3, -0.25) is 10.1 Å². The molecule has 0 spiro atoms. The summed E-state index contributed by atoms with van der Waals surface area (Å²) in [4.78, 5) is 16.6. The van der Waals surface area contributed by atoms with Crippen molar-refractivity contribution in [3.8, 4) is 0 Å². The molecule has 1 aromatic rings. The number of hydrogen-bond acceptors (Lipinski definition) is 4. The summed E-state index contributed by atoms with van der Waals surface area (Å²) in [5.74, 6) is 0.223. The van der Waals surface area contributed by atoms with Gasteiger partial charge in [0.05, 0.1) is 6.04 Å². The van der Waals surface area contributed by atoms with Crippen LogP contribution in [0.3, 0.4) is 0 Å². The van der Waals surface area contributed by atoms with E-state index in [1.165, 1.54) is 18.4 Å². The van der Waals surface area contributed by atoms with Crippen LogP contribution in [-0.2, 0) is 4.79 Å². The maximum atomic E-state index is 12.3. The molecule has 1 saturated carbocycles. The highest BCUT2D eigenvalue weighted by molar-refractivity contribution is 7.07. The SMILES string of the molecule is CC1NC(c2ccsc2)N(CCN(C)C2CC2)C1=O. The third-order valence-corrected chi connectivity index (χ3v) is 4.80. The van der Waals surface area contributed by atoms with Gasteiger partial charge in [0, 0.05) is 19.1 Å². The Hall–Kier alpha value is -0.910. The van der Waals surface area contributed by atoms with Gasteiger partial charge in [0.25, 0.3) is 0 Å². The maximum Gasteiger partial charge on any atom is 0.241 e. The van der Waals surface area contributed by atoms with Crippen LogP contribution in [0.5, 0.6) is 0 Å². The summed E-state index contributed by atoms with van der Waals surface area (Å²) in [6.45, 7) is 3.72. The number of thiophene rings is 1. The first-order valence-corrected chi connectivity index (χ1v) is 7.90. The van der Waals surface area contributed by atoms with Crippen molar-refractivity contribution < 1.29 is 4.79 Å². The Bertz CT molecular complexity index is 444. The van der Waals surface area contributed by atoms with E-state index in [1.807, 2.05) is 11.8 Å². The van der Waals surface area contributed by atoms with E-state index in [0.29, 0.717) is 0 Å². The van der Waals surface area contributed by atoms with E-state index >= 15 is 0 Å². The van der Waals surface area contributed by atoms with Crippen LogP contribution in [0.2, 0.25) is 0 Å². The molecule has 4 nitrogen and oxygen atoms in total. The molecule has 5 heteroatoms. The lowest BCUT2D eigenvalue weighted by Crippen LogP contribution is -2.37. The van der Waals surface area contributed by atoms with Crippen LogP contribution in [0, 0.1) is 0 Å². The molecule has 0 aromatic carbocycles. The van der Waals surface area contributed by atoms with Crippen molar-refractivity contribution in [3.05, 3.63) is 22.4 Å². The fraction of sp³-hybridized carbons (Fsp3) is 0.643. The van der Waals surface area contributed by atoms with Gasteiger partial charge in [-0.2, -0.15) is 11.3 Å². The highest BCUT2D eigenvalue weighted by Gasteiger charge is 2.37. The Kier molecular flexibility index (Phi) is 3.60. The Morgan fingerprint density at radius 2 is 2.32 bits per heavy atom. The Labute approximate surface area is 118 Å². The highest BCUT2D eigenvalue weighted by Crippen LogP contribution is 2.28. The molecule has 0 radical (unpaired) electrons. The van der Waals surface area contributed by atoms with Crippen molar-refractivity contribution in [1.29, 1.82) is 0 Å². The normalized spacial score (nSPS) is 27.5. The quantitative estimate of drug-likeness (QED) is 0.890. The minimum atomic E-state index is -0.0730. The molecule has 104 valence electrons. The van der Waals surface area contributed by atoms with Crippen LogP contribution < -0.4 is 5.32 Å². The molecule has 1 aromatic heterocycles. The minimum absolute atomic E-state index is 0.0568. The molecule has 2 unspecified atom stereocenters. The predicted octanol–water partition coefficient (Wildman–Crippen LogP) is 1.66. The predicted molar refractivity (Wildman–Crippen MR) is 77.0 cm³/mol. The van der Waals surface area contributed by atoms with Gasteiger partial charge in [0.1, 0.15) is 6.17 Å². The van der Waals surface area contributed by atoms with Crippen LogP contribution in [-0.4, -0.2) is 47.9 Å². The second-order valence-electron chi connectivity index (χ2n) is 5.59. The fourth-order valence-corrected chi connectivity index (χ4v) is 3.36. The average molecular weight is 279 g/mol. The zero-order valence-electron chi connectivity index (χ0n) is 11.5. The van der Waals surface area contributed by atoms with Gasteiger partial charge in [0.15, 0.2) is 0 Å². The largest absolute Gasteiger partial charge is 0.320 e. The van der Waals surface area contributed by atoms with E-state index in [1.54, 1.807) is 11.3 Å². The Balaban J connectivity index is 1.66. The Morgan fingerprint density at radius 1 is 1.53 bits per heavy atom. The molecule has 3 rings (SSSR count). The lowest BCUT2D eigenvalue weighted by atomic mass is 10.2. The number of likely N-dealkylation sites (N-methyl/N-ethyl adjacent to an activating group) is 1. The first-order chi connectivity index (χ1) is 9.16. The van der Waals surface area contributed by atoms with Gasteiger partial charge in [-0.1, -0.05) is 0 Å². The number of carbonyl (C=O) groups is 1. The van der Waals surface area contributed by atoms with E-state index < -0.39 is 0 Å². The zero-order valence-corrected chi connectivity index (χ0v) is 12.3. The molecule has 1 saturated heterocycles. The first-order valence-electron chi connectivity index (χ1n) is 6.95. The number of hydrogen-bond donors (Lipinski definition) is 1. The molecule has 1 aliphatic carbocycles. The summed E-state index contributed by atoms with van der Waals surface area (Å²) < 4.78 is 0. The van der Waals surface area contributed by atoms with Crippen molar-refractivity contribution >= 4 is 17.2 Å². The molecule has 1 N–H and O–H groups in total. The van der Waals surface area contributed by atoms with E-state index in [0.717, 1.165) is 19.1 Å². The summed E-state index contributed by atoms with van der Waals surface area (Å²) in [6, 6.07) is 2.78. The molecule has 2 fully saturated rings. The van der Waals surface area contributed by atoms with Crippen LogP contribution in [0.1, 0.15) is 31.5 Å². The second kappa shape index (κ2) is 5.23. The summed E-state index contributed by atoms with van der Waals surface area (Å²) in [6.07, 6.45) is 2.68. The third-order valence-electron chi connectivity index (χ3n) is 4.10. The lowest BCUT2D eigenvalue weighted by Gasteiger charge is -2.26. The molecule has 2 heterocycles. The lowest BCUT2D eigenvalue weighted by molar-refractivity contribution is -0.130. The number of amides is 1. The summed E-state index contributed by atoms with van der Waals surface area (Å²) in [7, 11) is 2.16.